The zero-order chi connectivity index (χ0) is 15.4. The SMILES string of the molecule is Cc1nn(C)c(C)c1CCC(=O)Nc1ccn(CC#N)n1. The van der Waals surface area contributed by atoms with Crippen molar-refractivity contribution in [2.75, 3.05) is 5.32 Å². The van der Waals surface area contributed by atoms with Crippen molar-refractivity contribution in [3.05, 3.63) is 29.2 Å². The van der Waals surface area contributed by atoms with Crippen LogP contribution in [0.1, 0.15) is 23.4 Å². The molecule has 0 aliphatic carbocycles. The van der Waals surface area contributed by atoms with Crippen LogP contribution in [0.25, 0.3) is 0 Å². The van der Waals surface area contributed by atoms with Gasteiger partial charge in [-0.15, -0.1) is 0 Å². The van der Waals surface area contributed by atoms with Gasteiger partial charge in [0, 0.05) is 31.4 Å². The average molecular weight is 286 g/mol. The summed E-state index contributed by atoms with van der Waals surface area (Å²) in [5, 5.41) is 19.7. The van der Waals surface area contributed by atoms with E-state index in [9.17, 15) is 4.79 Å². The van der Waals surface area contributed by atoms with Gasteiger partial charge in [0.1, 0.15) is 6.54 Å². The first kappa shape index (κ1) is 14.8. The molecule has 0 spiro atoms. The molecule has 1 amide bonds. The number of carbonyl (C=O) groups excluding carboxylic acids is 1. The molecule has 0 saturated heterocycles. The Morgan fingerprint density at radius 1 is 1.43 bits per heavy atom. The molecule has 0 bridgehead atoms. The number of nitrogens with zero attached hydrogens (tertiary/aromatic N) is 5. The van der Waals surface area contributed by atoms with E-state index in [2.05, 4.69) is 15.5 Å². The molecule has 110 valence electrons. The highest BCUT2D eigenvalue weighted by Crippen LogP contribution is 2.14. The summed E-state index contributed by atoms with van der Waals surface area (Å²) < 4.78 is 3.30. The van der Waals surface area contributed by atoms with Crippen LogP contribution < -0.4 is 5.32 Å². The number of aryl methyl sites for hydroxylation is 2. The van der Waals surface area contributed by atoms with Crippen molar-refractivity contribution in [3.63, 3.8) is 0 Å². The number of nitrogens with one attached hydrogen (secondary N) is 1. The van der Waals surface area contributed by atoms with E-state index in [1.165, 1.54) is 4.68 Å². The third kappa shape index (κ3) is 3.48. The number of anilines is 1. The molecule has 7 heteroatoms. The molecule has 0 unspecified atom stereocenters. The minimum Gasteiger partial charge on any atom is -0.309 e. The van der Waals surface area contributed by atoms with E-state index < -0.39 is 0 Å². The van der Waals surface area contributed by atoms with Crippen LogP contribution >= 0.6 is 0 Å². The molecule has 0 aromatic carbocycles. The average Bonchev–Trinajstić information content (AvgIpc) is 2.95. The molecule has 1 N–H and O–H groups in total. The Balaban J connectivity index is 1.91. The summed E-state index contributed by atoms with van der Waals surface area (Å²) >= 11 is 0. The van der Waals surface area contributed by atoms with E-state index in [-0.39, 0.29) is 12.5 Å². The lowest BCUT2D eigenvalue weighted by Crippen LogP contribution is -2.13. The Labute approximate surface area is 123 Å². The fourth-order valence-electron chi connectivity index (χ4n) is 2.21. The van der Waals surface area contributed by atoms with E-state index in [0.717, 1.165) is 17.0 Å². The van der Waals surface area contributed by atoms with Crippen LogP contribution in [-0.2, 0) is 24.8 Å². The summed E-state index contributed by atoms with van der Waals surface area (Å²) in [7, 11) is 1.90. The zero-order valence-electron chi connectivity index (χ0n) is 12.4. The molecule has 0 saturated carbocycles. The number of aromatic nitrogens is 4. The molecule has 0 atom stereocenters. The van der Waals surface area contributed by atoms with Gasteiger partial charge in [0.25, 0.3) is 0 Å². The van der Waals surface area contributed by atoms with Crippen molar-refractivity contribution in [2.24, 2.45) is 7.05 Å². The highest BCUT2D eigenvalue weighted by atomic mass is 16.1. The predicted octanol–water partition coefficient (Wildman–Crippen LogP) is 1.33. The molecule has 2 aromatic rings. The van der Waals surface area contributed by atoms with Crippen molar-refractivity contribution in [1.82, 2.24) is 19.6 Å². The van der Waals surface area contributed by atoms with Crippen LogP contribution in [0.3, 0.4) is 0 Å². The second-order valence-corrected chi connectivity index (χ2v) is 4.88. The van der Waals surface area contributed by atoms with Gasteiger partial charge < -0.3 is 5.32 Å². The number of carbonyl (C=O) groups is 1. The van der Waals surface area contributed by atoms with Crippen LogP contribution in [0.4, 0.5) is 5.82 Å². The Bertz CT molecular complexity index is 691. The standard InChI is InChI=1S/C14H18N6O/c1-10-12(11(2)19(3)17-10)4-5-14(21)16-13-6-8-20(18-13)9-7-15/h6,8H,4-5,9H2,1-3H3,(H,16,18,21). The number of hydrogen-bond donors (Lipinski definition) is 1. The normalized spacial score (nSPS) is 10.4. The van der Waals surface area contributed by atoms with Gasteiger partial charge >= 0.3 is 0 Å². The maximum atomic E-state index is 11.9. The number of nitriles is 1. The van der Waals surface area contributed by atoms with Crippen molar-refractivity contribution in [1.29, 1.82) is 5.26 Å². The Hall–Kier alpha value is -2.62. The summed E-state index contributed by atoms with van der Waals surface area (Å²) in [6, 6.07) is 3.67. The zero-order valence-corrected chi connectivity index (χ0v) is 12.4. The van der Waals surface area contributed by atoms with Gasteiger partial charge in [-0.3, -0.25) is 14.2 Å². The Morgan fingerprint density at radius 2 is 2.19 bits per heavy atom. The van der Waals surface area contributed by atoms with Crippen LogP contribution in [-0.4, -0.2) is 25.5 Å². The number of rotatable bonds is 5. The van der Waals surface area contributed by atoms with E-state index in [1.807, 2.05) is 31.6 Å². The van der Waals surface area contributed by atoms with Gasteiger partial charge in [-0.05, 0) is 25.8 Å². The van der Waals surface area contributed by atoms with Crippen molar-refractivity contribution < 1.29 is 4.79 Å². The fourth-order valence-corrected chi connectivity index (χ4v) is 2.21. The molecular weight excluding hydrogens is 268 g/mol. The molecule has 0 fully saturated rings. The maximum Gasteiger partial charge on any atom is 0.225 e. The van der Waals surface area contributed by atoms with E-state index >= 15 is 0 Å². The lowest BCUT2D eigenvalue weighted by Gasteiger charge is -2.03. The summed E-state index contributed by atoms with van der Waals surface area (Å²) in [5.74, 6) is 0.370. The van der Waals surface area contributed by atoms with E-state index in [0.29, 0.717) is 18.7 Å². The summed E-state index contributed by atoms with van der Waals surface area (Å²) in [4.78, 5) is 11.9. The molecular formula is C14H18N6O. The predicted molar refractivity (Wildman–Crippen MR) is 77.5 cm³/mol. The van der Waals surface area contributed by atoms with Gasteiger partial charge in [0.15, 0.2) is 5.82 Å². The second kappa shape index (κ2) is 6.22. The molecule has 7 nitrogen and oxygen atoms in total. The highest BCUT2D eigenvalue weighted by molar-refractivity contribution is 5.89. The molecule has 0 radical (unpaired) electrons. The summed E-state index contributed by atoms with van der Waals surface area (Å²) in [6.45, 7) is 4.12. The van der Waals surface area contributed by atoms with Crippen molar-refractivity contribution >= 4 is 11.7 Å². The molecule has 21 heavy (non-hydrogen) atoms. The van der Waals surface area contributed by atoms with Crippen LogP contribution in [0.2, 0.25) is 0 Å². The number of hydrogen-bond acceptors (Lipinski definition) is 4. The molecule has 0 aliphatic rings. The fraction of sp³-hybridized carbons (Fsp3) is 0.429. The molecule has 0 aliphatic heterocycles. The van der Waals surface area contributed by atoms with Crippen LogP contribution in [0, 0.1) is 25.2 Å². The first-order valence-electron chi connectivity index (χ1n) is 6.70. The van der Waals surface area contributed by atoms with E-state index in [1.54, 1.807) is 12.3 Å². The summed E-state index contributed by atoms with van der Waals surface area (Å²) in [6.07, 6.45) is 2.68. The molecule has 2 heterocycles. The smallest absolute Gasteiger partial charge is 0.225 e. The van der Waals surface area contributed by atoms with Gasteiger partial charge in [0.05, 0.1) is 11.8 Å². The first-order valence-corrected chi connectivity index (χ1v) is 6.70. The third-order valence-corrected chi connectivity index (χ3v) is 3.40. The summed E-state index contributed by atoms with van der Waals surface area (Å²) in [5.41, 5.74) is 3.15. The second-order valence-electron chi connectivity index (χ2n) is 4.88. The maximum absolute atomic E-state index is 11.9. The lowest BCUT2D eigenvalue weighted by molar-refractivity contribution is -0.116. The van der Waals surface area contributed by atoms with Crippen LogP contribution in [0.15, 0.2) is 12.3 Å². The quantitative estimate of drug-likeness (QED) is 0.898. The largest absolute Gasteiger partial charge is 0.309 e. The minimum atomic E-state index is -0.0974. The minimum absolute atomic E-state index is 0.0974. The van der Waals surface area contributed by atoms with E-state index in [4.69, 9.17) is 5.26 Å². The van der Waals surface area contributed by atoms with Gasteiger partial charge in [-0.1, -0.05) is 0 Å². The van der Waals surface area contributed by atoms with Gasteiger partial charge in [-0.25, -0.2) is 0 Å². The van der Waals surface area contributed by atoms with Gasteiger partial charge in [-0.2, -0.15) is 15.5 Å². The Morgan fingerprint density at radius 3 is 2.81 bits per heavy atom. The van der Waals surface area contributed by atoms with Crippen molar-refractivity contribution in [3.8, 4) is 6.07 Å². The highest BCUT2D eigenvalue weighted by Gasteiger charge is 2.12. The molecule has 2 aromatic heterocycles. The van der Waals surface area contributed by atoms with Crippen LogP contribution in [0.5, 0.6) is 0 Å². The monoisotopic (exact) mass is 286 g/mol. The van der Waals surface area contributed by atoms with Crippen molar-refractivity contribution in [2.45, 2.75) is 33.2 Å². The topological polar surface area (TPSA) is 88.5 Å². The first-order chi connectivity index (χ1) is 10.0. The Kier molecular flexibility index (Phi) is 4.38. The van der Waals surface area contributed by atoms with Gasteiger partial charge in [0.2, 0.25) is 5.91 Å². The third-order valence-electron chi connectivity index (χ3n) is 3.40. The lowest BCUT2D eigenvalue weighted by atomic mass is 10.1. The molecule has 2 rings (SSSR count). The number of amides is 1.